The number of hydrogen-bond donors (Lipinski definition) is 0. The lowest BCUT2D eigenvalue weighted by Gasteiger charge is -2.02. The first-order valence-electron chi connectivity index (χ1n) is 9.15. The van der Waals surface area contributed by atoms with Crippen LogP contribution in [-0.4, -0.2) is 12.3 Å². The number of rotatable bonds is 6. The Balaban J connectivity index is 1.34. The van der Waals surface area contributed by atoms with Crippen molar-refractivity contribution in [3.63, 3.8) is 0 Å². The van der Waals surface area contributed by atoms with Gasteiger partial charge in [-0.3, -0.25) is 0 Å². The molecule has 2 heteroatoms. The molecule has 4 aromatic rings. The van der Waals surface area contributed by atoms with Gasteiger partial charge in [-0.2, -0.15) is 0 Å². The Hall–Kier alpha value is -2.50. The number of fused-ring (bicyclic) bond motifs is 2. The Bertz CT molecular complexity index is 982. The Labute approximate surface area is 155 Å². The molecule has 0 aliphatic heterocycles. The summed E-state index contributed by atoms with van der Waals surface area (Å²) in [6.45, 7) is 0. The largest absolute Gasteiger partial charge is 0.339 e. The van der Waals surface area contributed by atoms with E-state index in [9.17, 15) is 4.57 Å². The molecule has 0 spiro atoms. The molecule has 0 saturated carbocycles. The molecular formula is C24H22OP+. The third kappa shape index (κ3) is 4.00. The molecule has 0 bridgehead atoms. The minimum atomic E-state index is -1.16. The smallest absolute Gasteiger partial charge is 0.0748 e. The lowest BCUT2D eigenvalue weighted by molar-refractivity contribution is 0.587. The monoisotopic (exact) mass is 357 g/mol. The van der Waals surface area contributed by atoms with Crippen molar-refractivity contribution in [3.05, 3.63) is 96.1 Å². The van der Waals surface area contributed by atoms with Crippen LogP contribution >= 0.6 is 7.80 Å². The number of benzene rings is 4. The van der Waals surface area contributed by atoms with Gasteiger partial charge in [0.2, 0.25) is 0 Å². The van der Waals surface area contributed by atoms with Gasteiger partial charge in [-0.1, -0.05) is 89.5 Å². The Morgan fingerprint density at radius 1 is 0.538 bits per heavy atom. The summed E-state index contributed by atoms with van der Waals surface area (Å²) in [6, 6.07) is 29.9. The van der Waals surface area contributed by atoms with Crippen LogP contribution in [-0.2, 0) is 17.4 Å². The fourth-order valence-electron chi connectivity index (χ4n) is 3.41. The van der Waals surface area contributed by atoms with Crippen LogP contribution in [0.15, 0.2) is 84.9 Å². The maximum Gasteiger partial charge on any atom is 0.339 e. The average molecular weight is 357 g/mol. The van der Waals surface area contributed by atoms with E-state index in [0.29, 0.717) is 0 Å². The normalized spacial score (nSPS) is 11.1. The Morgan fingerprint density at radius 3 is 1.42 bits per heavy atom. The van der Waals surface area contributed by atoms with Crippen molar-refractivity contribution in [2.45, 2.75) is 12.8 Å². The van der Waals surface area contributed by atoms with E-state index in [1.54, 1.807) is 0 Å². The quantitative estimate of drug-likeness (QED) is 0.355. The Kier molecular flexibility index (Phi) is 5.09. The highest BCUT2D eigenvalue weighted by atomic mass is 31.1. The molecule has 0 aliphatic rings. The van der Waals surface area contributed by atoms with E-state index in [-0.39, 0.29) is 0 Å². The van der Waals surface area contributed by atoms with Gasteiger partial charge in [-0.25, -0.2) is 0 Å². The molecule has 26 heavy (non-hydrogen) atoms. The fourth-order valence-corrected chi connectivity index (χ4v) is 4.65. The van der Waals surface area contributed by atoms with Crippen LogP contribution in [0.5, 0.6) is 0 Å². The summed E-state index contributed by atoms with van der Waals surface area (Å²) in [5, 5.41) is 5.04. The highest BCUT2D eigenvalue weighted by Crippen LogP contribution is 2.25. The molecule has 0 N–H and O–H groups in total. The van der Waals surface area contributed by atoms with Crippen LogP contribution in [0.2, 0.25) is 0 Å². The molecule has 0 radical (unpaired) electrons. The van der Waals surface area contributed by atoms with E-state index in [2.05, 4.69) is 84.9 Å². The summed E-state index contributed by atoms with van der Waals surface area (Å²) in [5.41, 5.74) is 2.55. The van der Waals surface area contributed by atoms with Crippen molar-refractivity contribution in [2.24, 2.45) is 0 Å². The minimum absolute atomic E-state index is 0.765. The summed E-state index contributed by atoms with van der Waals surface area (Å²) >= 11 is 0. The van der Waals surface area contributed by atoms with Gasteiger partial charge < -0.3 is 0 Å². The average Bonchev–Trinajstić information content (AvgIpc) is 2.70. The molecule has 4 aromatic carbocycles. The maximum atomic E-state index is 12.5. The Morgan fingerprint density at radius 2 is 0.962 bits per heavy atom. The third-order valence-electron chi connectivity index (χ3n) is 4.93. The molecule has 0 aliphatic carbocycles. The first-order chi connectivity index (χ1) is 12.8. The summed E-state index contributed by atoms with van der Waals surface area (Å²) in [5.74, 6) is 0. The van der Waals surface area contributed by atoms with Crippen molar-refractivity contribution in [3.8, 4) is 0 Å². The zero-order valence-corrected chi connectivity index (χ0v) is 15.7. The first kappa shape index (κ1) is 16.9. The zero-order chi connectivity index (χ0) is 17.8. The second-order valence-corrected chi connectivity index (χ2v) is 8.65. The lowest BCUT2D eigenvalue weighted by Crippen LogP contribution is -1.94. The molecule has 128 valence electrons. The minimum Gasteiger partial charge on any atom is -0.0748 e. The van der Waals surface area contributed by atoms with Crippen molar-refractivity contribution < 1.29 is 4.57 Å². The standard InChI is InChI=1S/C24H22OP/c25-26(15-13-19-9-11-21-5-1-3-7-23(21)17-19)16-14-20-10-12-22-6-2-4-8-24(22)18-20/h1-12,17-18H,13-16H2/q+1. The van der Waals surface area contributed by atoms with Gasteiger partial charge in [0.15, 0.2) is 0 Å². The second-order valence-electron chi connectivity index (χ2n) is 6.79. The molecule has 1 nitrogen and oxygen atoms in total. The van der Waals surface area contributed by atoms with Crippen molar-refractivity contribution in [1.82, 2.24) is 0 Å². The molecule has 0 fully saturated rings. The summed E-state index contributed by atoms with van der Waals surface area (Å²) in [6.07, 6.45) is 3.30. The van der Waals surface area contributed by atoms with Crippen LogP contribution in [0.3, 0.4) is 0 Å². The van der Waals surface area contributed by atoms with Gasteiger partial charge in [0, 0.05) is 12.8 Å². The van der Waals surface area contributed by atoms with Crippen LogP contribution in [0.25, 0.3) is 21.5 Å². The summed E-state index contributed by atoms with van der Waals surface area (Å²) in [4.78, 5) is 0. The number of aryl methyl sites for hydroxylation is 2. The molecule has 0 aromatic heterocycles. The van der Waals surface area contributed by atoms with Gasteiger partial charge in [0.1, 0.15) is 12.3 Å². The topological polar surface area (TPSA) is 17.1 Å². The highest BCUT2D eigenvalue weighted by Gasteiger charge is 2.15. The van der Waals surface area contributed by atoms with E-state index >= 15 is 0 Å². The first-order valence-corrected chi connectivity index (χ1v) is 10.8. The summed E-state index contributed by atoms with van der Waals surface area (Å²) in [7, 11) is -1.16. The van der Waals surface area contributed by atoms with E-state index in [4.69, 9.17) is 0 Å². The predicted octanol–water partition coefficient (Wildman–Crippen LogP) is 6.61. The van der Waals surface area contributed by atoms with E-state index in [1.165, 1.54) is 32.7 Å². The van der Waals surface area contributed by atoms with E-state index in [0.717, 1.165) is 25.2 Å². The predicted molar refractivity (Wildman–Crippen MR) is 113 cm³/mol. The fraction of sp³-hybridized carbons (Fsp3) is 0.167. The van der Waals surface area contributed by atoms with Gasteiger partial charge in [0.05, 0.1) is 0 Å². The molecule has 0 saturated heterocycles. The van der Waals surface area contributed by atoms with Crippen LogP contribution < -0.4 is 0 Å². The number of hydrogen-bond acceptors (Lipinski definition) is 1. The molecule has 0 heterocycles. The zero-order valence-electron chi connectivity index (χ0n) is 14.8. The van der Waals surface area contributed by atoms with Crippen LogP contribution in [0.4, 0.5) is 0 Å². The molecule has 0 atom stereocenters. The maximum absolute atomic E-state index is 12.5. The third-order valence-corrected chi connectivity index (χ3v) is 6.37. The van der Waals surface area contributed by atoms with Crippen molar-refractivity contribution in [2.75, 3.05) is 12.3 Å². The van der Waals surface area contributed by atoms with Crippen molar-refractivity contribution in [1.29, 1.82) is 0 Å². The molecule has 0 amide bonds. The lowest BCUT2D eigenvalue weighted by atomic mass is 10.1. The van der Waals surface area contributed by atoms with Crippen molar-refractivity contribution >= 4 is 29.3 Å². The van der Waals surface area contributed by atoms with E-state index in [1.807, 2.05) is 0 Å². The highest BCUT2D eigenvalue weighted by molar-refractivity contribution is 7.44. The molecule has 0 unspecified atom stereocenters. The summed E-state index contributed by atoms with van der Waals surface area (Å²) < 4.78 is 12.5. The van der Waals surface area contributed by atoms with Gasteiger partial charge in [-0.15, -0.1) is 0 Å². The second kappa shape index (κ2) is 7.81. The molecule has 4 rings (SSSR count). The van der Waals surface area contributed by atoms with Gasteiger partial charge >= 0.3 is 7.80 Å². The van der Waals surface area contributed by atoms with E-state index < -0.39 is 7.80 Å². The van der Waals surface area contributed by atoms with Crippen LogP contribution in [0.1, 0.15) is 11.1 Å². The van der Waals surface area contributed by atoms with Gasteiger partial charge in [-0.05, 0) is 32.7 Å². The molecular weight excluding hydrogens is 335 g/mol. The van der Waals surface area contributed by atoms with Gasteiger partial charge in [0.25, 0.3) is 0 Å². The van der Waals surface area contributed by atoms with Crippen LogP contribution in [0, 0.1) is 0 Å². The SMILES string of the molecule is O=[P+](CCc1ccc2ccccc2c1)CCc1ccc2ccccc2c1.